The van der Waals surface area contributed by atoms with Crippen LogP contribution in [0.4, 0.5) is 0 Å². The van der Waals surface area contributed by atoms with Gasteiger partial charge in [-0.3, -0.25) is 14.9 Å². The number of amides is 1. The SMILES string of the molecule is CCc1cc(CC)n(CC(C(=O)NN)c2ccccc2)n1. The number of hydrazine groups is 1. The van der Waals surface area contributed by atoms with Gasteiger partial charge in [0.1, 0.15) is 0 Å². The Morgan fingerprint density at radius 1 is 1.29 bits per heavy atom. The first-order valence-corrected chi connectivity index (χ1v) is 7.30. The van der Waals surface area contributed by atoms with Gasteiger partial charge in [-0.2, -0.15) is 5.10 Å². The Balaban J connectivity index is 2.31. The average molecular weight is 286 g/mol. The number of hydrogen-bond donors (Lipinski definition) is 2. The van der Waals surface area contributed by atoms with Gasteiger partial charge in [0, 0.05) is 5.69 Å². The molecule has 0 fully saturated rings. The van der Waals surface area contributed by atoms with Crippen LogP contribution < -0.4 is 11.3 Å². The van der Waals surface area contributed by atoms with E-state index in [4.69, 9.17) is 5.84 Å². The molecule has 0 saturated heterocycles. The van der Waals surface area contributed by atoms with Gasteiger partial charge in [-0.15, -0.1) is 0 Å². The zero-order chi connectivity index (χ0) is 15.2. The zero-order valence-corrected chi connectivity index (χ0v) is 12.5. The van der Waals surface area contributed by atoms with E-state index in [2.05, 4.69) is 30.4 Å². The molecule has 0 aliphatic carbocycles. The molecular weight excluding hydrogens is 264 g/mol. The monoisotopic (exact) mass is 286 g/mol. The normalized spacial score (nSPS) is 12.1. The molecule has 0 radical (unpaired) electrons. The van der Waals surface area contributed by atoms with Crippen molar-refractivity contribution in [2.75, 3.05) is 0 Å². The molecule has 1 aromatic carbocycles. The second-order valence-electron chi connectivity index (χ2n) is 4.99. The molecule has 5 heteroatoms. The van der Waals surface area contributed by atoms with E-state index in [1.54, 1.807) is 0 Å². The Labute approximate surface area is 125 Å². The maximum Gasteiger partial charge on any atom is 0.243 e. The Morgan fingerprint density at radius 2 is 2.00 bits per heavy atom. The Kier molecular flexibility index (Phi) is 5.11. The maximum absolute atomic E-state index is 12.1. The van der Waals surface area contributed by atoms with Gasteiger partial charge >= 0.3 is 0 Å². The zero-order valence-electron chi connectivity index (χ0n) is 12.5. The highest BCUT2D eigenvalue weighted by Gasteiger charge is 2.22. The van der Waals surface area contributed by atoms with E-state index in [0.717, 1.165) is 29.8 Å². The van der Waals surface area contributed by atoms with Gasteiger partial charge in [0.25, 0.3) is 0 Å². The summed E-state index contributed by atoms with van der Waals surface area (Å²) in [7, 11) is 0. The number of aromatic nitrogens is 2. The van der Waals surface area contributed by atoms with Crippen molar-refractivity contribution in [3.63, 3.8) is 0 Å². The van der Waals surface area contributed by atoms with Gasteiger partial charge in [-0.25, -0.2) is 5.84 Å². The molecule has 1 heterocycles. The van der Waals surface area contributed by atoms with Crippen LogP contribution in [0.2, 0.25) is 0 Å². The molecular formula is C16H22N4O. The largest absolute Gasteiger partial charge is 0.294 e. The molecule has 1 atom stereocenters. The highest BCUT2D eigenvalue weighted by atomic mass is 16.2. The summed E-state index contributed by atoms with van der Waals surface area (Å²) in [4.78, 5) is 12.1. The van der Waals surface area contributed by atoms with Crippen molar-refractivity contribution in [3.8, 4) is 0 Å². The van der Waals surface area contributed by atoms with Crippen LogP contribution in [0.3, 0.4) is 0 Å². The third-order valence-corrected chi connectivity index (χ3v) is 3.65. The summed E-state index contributed by atoms with van der Waals surface area (Å²) in [5.74, 6) is 4.80. The first-order chi connectivity index (χ1) is 10.2. The molecule has 1 aromatic heterocycles. The van der Waals surface area contributed by atoms with E-state index in [1.165, 1.54) is 0 Å². The Bertz CT molecular complexity index is 592. The molecule has 112 valence electrons. The summed E-state index contributed by atoms with van der Waals surface area (Å²) >= 11 is 0. The van der Waals surface area contributed by atoms with Crippen LogP contribution in [0.15, 0.2) is 36.4 Å². The van der Waals surface area contributed by atoms with E-state index in [0.29, 0.717) is 6.54 Å². The topological polar surface area (TPSA) is 72.9 Å². The van der Waals surface area contributed by atoms with Crippen molar-refractivity contribution in [1.29, 1.82) is 0 Å². The third kappa shape index (κ3) is 3.49. The molecule has 0 spiro atoms. The minimum absolute atomic E-state index is 0.197. The molecule has 3 N–H and O–H groups in total. The summed E-state index contributed by atoms with van der Waals surface area (Å²) in [6.07, 6.45) is 1.78. The van der Waals surface area contributed by atoms with Crippen LogP contribution in [0, 0.1) is 0 Å². The minimum Gasteiger partial charge on any atom is -0.294 e. The molecule has 21 heavy (non-hydrogen) atoms. The lowest BCUT2D eigenvalue weighted by Gasteiger charge is -2.17. The molecule has 0 bridgehead atoms. The second-order valence-corrected chi connectivity index (χ2v) is 4.99. The fourth-order valence-corrected chi connectivity index (χ4v) is 2.43. The van der Waals surface area contributed by atoms with Gasteiger partial charge in [0.05, 0.1) is 18.2 Å². The first kappa shape index (κ1) is 15.3. The maximum atomic E-state index is 12.1. The number of hydrogen-bond acceptors (Lipinski definition) is 3. The van der Waals surface area contributed by atoms with Crippen LogP contribution >= 0.6 is 0 Å². The summed E-state index contributed by atoms with van der Waals surface area (Å²) < 4.78 is 1.92. The summed E-state index contributed by atoms with van der Waals surface area (Å²) in [6, 6.07) is 11.8. The molecule has 0 aliphatic rings. The Hall–Kier alpha value is -2.14. The predicted octanol–water partition coefficient (Wildman–Crippen LogP) is 1.78. The van der Waals surface area contributed by atoms with Gasteiger partial charge in [0.2, 0.25) is 5.91 Å². The summed E-state index contributed by atoms with van der Waals surface area (Å²) in [5.41, 5.74) is 5.39. The molecule has 2 rings (SSSR count). The quantitative estimate of drug-likeness (QED) is 0.483. The number of carbonyl (C=O) groups excluding carboxylic acids is 1. The van der Waals surface area contributed by atoms with Crippen molar-refractivity contribution in [1.82, 2.24) is 15.2 Å². The lowest BCUT2D eigenvalue weighted by Crippen LogP contribution is -2.36. The van der Waals surface area contributed by atoms with E-state index in [1.807, 2.05) is 35.0 Å². The van der Waals surface area contributed by atoms with Crippen LogP contribution in [0.5, 0.6) is 0 Å². The Morgan fingerprint density at radius 3 is 2.57 bits per heavy atom. The minimum atomic E-state index is -0.342. The fraction of sp³-hybridized carbons (Fsp3) is 0.375. The van der Waals surface area contributed by atoms with E-state index in [9.17, 15) is 4.79 Å². The van der Waals surface area contributed by atoms with Crippen LogP contribution in [-0.4, -0.2) is 15.7 Å². The lowest BCUT2D eigenvalue weighted by molar-refractivity contribution is -0.123. The van der Waals surface area contributed by atoms with Crippen LogP contribution in [0.25, 0.3) is 0 Å². The van der Waals surface area contributed by atoms with Gasteiger partial charge in [-0.05, 0) is 24.5 Å². The molecule has 5 nitrogen and oxygen atoms in total. The van der Waals surface area contributed by atoms with Crippen LogP contribution in [0.1, 0.15) is 36.7 Å². The highest BCUT2D eigenvalue weighted by molar-refractivity contribution is 5.82. The van der Waals surface area contributed by atoms with Gasteiger partial charge < -0.3 is 0 Å². The van der Waals surface area contributed by atoms with E-state index < -0.39 is 0 Å². The molecule has 1 unspecified atom stereocenters. The highest BCUT2D eigenvalue weighted by Crippen LogP contribution is 2.19. The van der Waals surface area contributed by atoms with Crippen LogP contribution in [-0.2, 0) is 24.2 Å². The van der Waals surface area contributed by atoms with Gasteiger partial charge in [-0.1, -0.05) is 44.2 Å². The van der Waals surface area contributed by atoms with Crippen molar-refractivity contribution in [2.24, 2.45) is 5.84 Å². The number of rotatable bonds is 6. The fourth-order valence-electron chi connectivity index (χ4n) is 2.43. The number of aryl methyl sites for hydroxylation is 2. The van der Waals surface area contributed by atoms with Crippen molar-refractivity contribution >= 4 is 5.91 Å². The molecule has 2 aromatic rings. The predicted molar refractivity (Wildman–Crippen MR) is 82.5 cm³/mol. The standard InChI is InChI=1S/C16H22N4O/c1-3-13-10-14(4-2)20(19-13)11-15(16(21)18-17)12-8-6-5-7-9-12/h5-10,15H,3-4,11,17H2,1-2H3,(H,18,21). The summed E-state index contributed by atoms with van der Waals surface area (Å²) in [6.45, 7) is 4.66. The molecule has 1 amide bonds. The van der Waals surface area contributed by atoms with Gasteiger partial charge in [0.15, 0.2) is 0 Å². The molecule has 0 saturated carbocycles. The van der Waals surface area contributed by atoms with E-state index >= 15 is 0 Å². The van der Waals surface area contributed by atoms with Crippen molar-refractivity contribution in [2.45, 2.75) is 39.2 Å². The number of nitrogens with one attached hydrogen (secondary N) is 1. The van der Waals surface area contributed by atoms with Crippen molar-refractivity contribution in [3.05, 3.63) is 53.3 Å². The smallest absolute Gasteiger partial charge is 0.243 e. The number of nitrogens with zero attached hydrogens (tertiary/aromatic N) is 2. The number of carbonyl (C=O) groups is 1. The summed E-state index contributed by atoms with van der Waals surface area (Å²) in [5, 5.41) is 4.58. The molecule has 0 aliphatic heterocycles. The van der Waals surface area contributed by atoms with Crippen molar-refractivity contribution < 1.29 is 4.79 Å². The lowest BCUT2D eigenvalue weighted by atomic mass is 9.98. The number of nitrogens with two attached hydrogens (primary N) is 1. The number of benzene rings is 1. The second kappa shape index (κ2) is 7.04. The first-order valence-electron chi connectivity index (χ1n) is 7.30. The third-order valence-electron chi connectivity index (χ3n) is 3.65. The van der Waals surface area contributed by atoms with E-state index in [-0.39, 0.29) is 11.8 Å². The average Bonchev–Trinajstić information content (AvgIpc) is 2.95.